The monoisotopic (exact) mass is 432 g/mol. The predicted octanol–water partition coefficient (Wildman–Crippen LogP) is 4.63. The maximum Gasteiger partial charge on any atom is 0.269 e. The molecule has 1 aliphatic rings. The van der Waals surface area contributed by atoms with Gasteiger partial charge in [-0.1, -0.05) is 35.9 Å². The van der Waals surface area contributed by atoms with Crippen LogP contribution in [-0.4, -0.2) is 16.1 Å². The van der Waals surface area contributed by atoms with Gasteiger partial charge in [0, 0.05) is 22.1 Å². The summed E-state index contributed by atoms with van der Waals surface area (Å²) in [7, 11) is 0. The smallest absolute Gasteiger partial charge is 0.269 e. The summed E-state index contributed by atoms with van der Waals surface area (Å²) < 4.78 is 24.6. The lowest BCUT2D eigenvalue weighted by Gasteiger charge is -2.08. The number of alkyl halides is 4. The molecule has 0 saturated heterocycles. The van der Waals surface area contributed by atoms with Gasteiger partial charge in [-0.05, 0) is 29.8 Å². The molecule has 2 unspecified atom stereocenters. The Morgan fingerprint density at radius 1 is 1.04 bits per heavy atom. The van der Waals surface area contributed by atoms with Gasteiger partial charge in [-0.15, -0.1) is 23.2 Å². The molecule has 2 aromatic rings. The van der Waals surface area contributed by atoms with Crippen molar-refractivity contribution in [3.63, 3.8) is 0 Å². The number of hydrazine groups is 1. The van der Waals surface area contributed by atoms with Crippen LogP contribution in [0.5, 0.6) is 0 Å². The summed E-state index contributed by atoms with van der Waals surface area (Å²) in [6.07, 6.45) is -2.77. The van der Waals surface area contributed by atoms with Crippen LogP contribution in [0.4, 0.5) is 8.78 Å². The van der Waals surface area contributed by atoms with Crippen LogP contribution in [0.15, 0.2) is 48.5 Å². The molecule has 2 amide bonds. The number of benzene rings is 2. The first-order valence-corrected chi connectivity index (χ1v) is 8.97. The normalized spacial score (nSPS) is 20.2. The Morgan fingerprint density at radius 2 is 1.70 bits per heavy atom. The second-order valence-electron chi connectivity index (χ2n) is 6.02. The molecule has 0 spiro atoms. The molecule has 2 N–H and O–H groups in total. The van der Waals surface area contributed by atoms with E-state index in [0.29, 0.717) is 11.1 Å². The van der Waals surface area contributed by atoms with Crippen LogP contribution in [0.2, 0.25) is 5.02 Å². The van der Waals surface area contributed by atoms with Gasteiger partial charge in [0.1, 0.15) is 4.33 Å². The summed E-state index contributed by atoms with van der Waals surface area (Å²) >= 11 is 18.1. The number of halogens is 5. The molecule has 0 heterocycles. The molecule has 0 aromatic heterocycles. The zero-order chi connectivity index (χ0) is 19.8. The van der Waals surface area contributed by atoms with E-state index in [9.17, 15) is 18.4 Å². The molecular formula is C18H13Cl3F2N2O2. The SMILES string of the molecule is O=C(NNC(=O)C1C(c2ccc(Cl)c(C(F)F)c2)C1(Cl)Cl)c1ccccc1. The van der Waals surface area contributed by atoms with Crippen molar-refractivity contribution in [2.45, 2.75) is 16.7 Å². The molecule has 0 aliphatic heterocycles. The molecule has 3 rings (SSSR count). The second kappa shape index (κ2) is 7.62. The first-order valence-electron chi connectivity index (χ1n) is 7.84. The average molecular weight is 434 g/mol. The molecule has 2 atom stereocenters. The molecule has 1 saturated carbocycles. The molecule has 2 aromatic carbocycles. The number of hydrogen-bond acceptors (Lipinski definition) is 2. The van der Waals surface area contributed by atoms with Gasteiger partial charge in [0.15, 0.2) is 0 Å². The van der Waals surface area contributed by atoms with Gasteiger partial charge in [0.25, 0.3) is 12.3 Å². The first kappa shape index (κ1) is 19.9. The van der Waals surface area contributed by atoms with Crippen molar-refractivity contribution in [3.05, 3.63) is 70.2 Å². The lowest BCUT2D eigenvalue weighted by Crippen LogP contribution is -2.43. The summed E-state index contributed by atoms with van der Waals surface area (Å²) in [6.45, 7) is 0. The Balaban J connectivity index is 1.69. The number of hydrogen-bond donors (Lipinski definition) is 2. The number of carbonyl (C=O) groups is 2. The molecule has 142 valence electrons. The molecule has 9 heteroatoms. The van der Waals surface area contributed by atoms with Gasteiger partial charge in [0.05, 0.1) is 5.92 Å². The van der Waals surface area contributed by atoms with Crippen LogP contribution in [-0.2, 0) is 4.79 Å². The van der Waals surface area contributed by atoms with Gasteiger partial charge in [-0.2, -0.15) is 0 Å². The van der Waals surface area contributed by atoms with E-state index < -0.39 is 34.4 Å². The zero-order valence-electron chi connectivity index (χ0n) is 13.6. The predicted molar refractivity (Wildman–Crippen MR) is 99.1 cm³/mol. The highest BCUT2D eigenvalue weighted by molar-refractivity contribution is 6.53. The molecule has 4 nitrogen and oxygen atoms in total. The van der Waals surface area contributed by atoms with E-state index >= 15 is 0 Å². The van der Waals surface area contributed by atoms with Crippen molar-refractivity contribution in [2.24, 2.45) is 5.92 Å². The zero-order valence-corrected chi connectivity index (χ0v) is 15.8. The van der Waals surface area contributed by atoms with Crippen molar-refractivity contribution in [1.29, 1.82) is 0 Å². The number of nitrogens with one attached hydrogen (secondary N) is 2. The van der Waals surface area contributed by atoms with E-state index in [1.807, 2.05) is 0 Å². The molecule has 1 fully saturated rings. The number of rotatable bonds is 4. The second-order valence-corrected chi connectivity index (χ2v) is 7.87. The van der Waals surface area contributed by atoms with Gasteiger partial charge < -0.3 is 0 Å². The topological polar surface area (TPSA) is 58.2 Å². The maximum atomic E-state index is 13.0. The minimum absolute atomic E-state index is 0.0831. The third kappa shape index (κ3) is 4.03. The van der Waals surface area contributed by atoms with Crippen LogP contribution in [0.25, 0.3) is 0 Å². The largest absolute Gasteiger partial charge is 0.273 e. The highest BCUT2D eigenvalue weighted by atomic mass is 35.5. The Hall–Kier alpha value is -1.89. The summed E-state index contributed by atoms with van der Waals surface area (Å²) in [5.74, 6) is -2.75. The van der Waals surface area contributed by atoms with E-state index in [4.69, 9.17) is 34.8 Å². The van der Waals surface area contributed by atoms with Crippen molar-refractivity contribution in [3.8, 4) is 0 Å². The number of carbonyl (C=O) groups excluding carboxylic acids is 2. The van der Waals surface area contributed by atoms with Crippen molar-refractivity contribution in [2.75, 3.05) is 0 Å². The van der Waals surface area contributed by atoms with Gasteiger partial charge >= 0.3 is 0 Å². The highest BCUT2D eigenvalue weighted by Gasteiger charge is 2.67. The minimum Gasteiger partial charge on any atom is -0.273 e. The molecule has 27 heavy (non-hydrogen) atoms. The van der Waals surface area contributed by atoms with Crippen molar-refractivity contribution in [1.82, 2.24) is 10.9 Å². The quantitative estimate of drug-likeness (QED) is 0.546. The van der Waals surface area contributed by atoms with E-state index in [1.54, 1.807) is 30.3 Å². The summed E-state index contributed by atoms with van der Waals surface area (Å²) in [6, 6.07) is 12.3. The lowest BCUT2D eigenvalue weighted by molar-refractivity contribution is -0.123. The Kier molecular flexibility index (Phi) is 5.60. The standard InChI is InChI=1S/C18H13Cl3F2N2O2/c19-12-7-6-10(8-11(12)15(22)23)13-14(18(13,20)21)17(27)25-24-16(26)9-4-2-1-3-5-9/h1-8,13-15H,(H,24,26)(H,25,27). The van der Waals surface area contributed by atoms with E-state index in [1.165, 1.54) is 18.2 Å². The van der Waals surface area contributed by atoms with Crippen LogP contribution in [0, 0.1) is 5.92 Å². The lowest BCUT2D eigenvalue weighted by atomic mass is 10.1. The first-order chi connectivity index (χ1) is 12.7. The fourth-order valence-corrected chi connectivity index (χ4v) is 3.88. The third-order valence-electron chi connectivity index (χ3n) is 4.29. The molecular weight excluding hydrogens is 421 g/mol. The molecule has 1 aliphatic carbocycles. The molecule has 0 radical (unpaired) electrons. The van der Waals surface area contributed by atoms with Crippen LogP contribution in [0.1, 0.15) is 33.8 Å². The van der Waals surface area contributed by atoms with Crippen LogP contribution < -0.4 is 10.9 Å². The van der Waals surface area contributed by atoms with Crippen molar-refractivity contribution >= 4 is 46.6 Å². The summed E-state index contributed by atoms with van der Waals surface area (Å²) in [5.41, 5.74) is 4.90. The summed E-state index contributed by atoms with van der Waals surface area (Å²) in [4.78, 5) is 24.3. The molecule has 0 bridgehead atoms. The average Bonchev–Trinajstić information content (AvgIpc) is 3.22. The van der Waals surface area contributed by atoms with E-state index in [2.05, 4.69) is 10.9 Å². The van der Waals surface area contributed by atoms with Gasteiger partial charge in [-0.3, -0.25) is 20.4 Å². The highest BCUT2D eigenvalue weighted by Crippen LogP contribution is 2.65. The summed E-state index contributed by atoms with van der Waals surface area (Å²) in [5, 5.41) is -0.0831. The minimum atomic E-state index is -2.77. The number of amides is 2. The maximum absolute atomic E-state index is 13.0. The Bertz CT molecular complexity index is 878. The van der Waals surface area contributed by atoms with Gasteiger partial charge in [-0.25, -0.2) is 8.78 Å². The Labute approximate surface area is 168 Å². The fraction of sp³-hybridized carbons (Fsp3) is 0.222. The Morgan fingerprint density at radius 3 is 2.33 bits per heavy atom. The van der Waals surface area contributed by atoms with E-state index in [-0.39, 0.29) is 10.6 Å². The van der Waals surface area contributed by atoms with Crippen molar-refractivity contribution < 1.29 is 18.4 Å². The fourth-order valence-electron chi connectivity index (χ4n) is 2.85. The van der Waals surface area contributed by atoms with E-state index in [0.717, 1.165) is 0 Å². The van der Waals surface area contributed by atoms with Crippen LogP contribution in [0.3, 0.4) is 0 Å². The third-order valence-corrected chi connectivity index (χ3v) is 5.57. The van der Waals surface area contributed by atoms with Gasteiger partial charge in [0.2, 0.25) is 5.91 Å². The van der Waals surface area contributed by atoms with Crippen LogP contribution >= 0.6 is 34.8 Å².